The fourth-order valence-electron chi connectivity index (χ4n) is 2.39. The highest BCUT2D eigenvalue weighted by Gasteiger charge is 2.12. The molecule has 0 atom stereocenters. The standard InChI is InChI=1S/C19H16N2O4/c1-2-8-20-15(3-1)10-22-11-16-12-23-19(21-16)7-5-14-4-6-17-18(9-14)25-13-24-17/h1-9,12H,10-11,13H2. The van der Waals surface area contributed by atoms with Crippen LogP contribution in [0, 0.1) is 0 Å². The van der Waals surface area contributed by atoms with Crippen LogP contribution in [0.2, 0.25) is 0 Å². The maximum atomic E-state index is 5.59. The van der Waals surface area contributed by atoms with Gasteiger partial charge in [-0.2, -0.15) is 0 Å². The Bertz CT molecular complexity index is 874. The number of nitrogens with zero attached hydrogens (tertiary/aromatic N) is 2. The van der Waals surface area contributed by atoms with Gasteiger partial charge in [-0.15, -0.1) is 0 Å². The molecule has 2 aromatic heterocycles. The number of rotatable bonds is 6. The number of pyridine rings is 1. The Morgan fingerprint density at radius 3 is 2.84 bits per heavy atom. The Labute approximate surface area is 144 Å². The zero-order chi connectivity index (χ0) is 16.9. The van der Waals surface area contributed by atoms with E-state index in [0.717, 1.165) is 28.5 Å². The Morgan fingerprint density at radius 1 is 1.00 bits per heavy atom. The quantitative estimate of drug-likeness (QED) is 0.684. The molecule has 0 bridgehead atoms. The minimum absolute atomic E-state index is 0.268. The molecule has 0 radical (unpaired) electrons. The summed E-state index contributed by atoms with van der Waals surface area (Å²) in [6, 6.07) is 11.5. The van der Waals surface area contributed by atoms with Crippen molar-refractivity contribution in [1.82, 2.24) is 9.97 Å². The fraction of sp³-hybridized carbons (Fsp3) is 0.158. The van der Waals surface area contributed by atoms with E-state index in [2.05, 4.69) is 9.97 Å². The van der Waals surface area contributed by atoms with Crippen molar-refractivity contribution < 1.29 is 18.6 Å². The molecule has 0 saturated heterocycles. The van der Waals surface area contributed by atoms with Crippen LogP contribution in [0.15, 0.2) is 53.3 Å². The van der Waals surface area contributed by atoms with Crippen LogP contribution >= 0.6 is 0 Å². The van der Waals surface area contributed by atoms with Crippen molar-refractivity contribution in [1.29, 1.82) is 0 Å². The van der Waals surface area contributed by atoms with E-state index >= 15 is 0 Å². The number of aromatic nitrogens is 2. The van der Waals surface area contributed by atoms with Crippen molar-refractivity contribution in [3.63, 3.8) is 0 Å². The second kappa shape index (κ2) is 7.19. The summed E-state index contributed by atoms with van der Waals surface area (Å²) in [6.07, 6.45) is 7.05. The van der Waals surface area contributed by atoms with Crippen LogP contribution in [0.1, 0.15) is 22.8 Å². The van der Waals surface area contributed by atoms with Crippen LogP contribution in [-0.4, -0.2) is 16.8 Å². The van der Waals surface area contributed by atoms with Crippen molar-refractivity contribution >= 4 is 12.2 Å². The highest BCUT2D eigenvalue weighted by atomic mass is 16.7. The minimum Gasteiger partial charge on any atom is -0.454 e. The van der Waals surface area contributed by atoms with Crippen LogP contribution in [-0.2, 0) is 18.0 Å². The average molecular weight is 336 g/mol. The van der Waals surface area contributed by atoms with Crippen LogP contribution in [0.25, 0.3) is 12.2 Å². The van der Waals surface area contributed by atoms with Gasteiger partial charge in [0, 0.05) is 12.3 Å². The number of oxazole rings is 1. The van der Waals surface area contributed by atoms with Crippen molar-refractivity contribution in [2.24, 2.45) is 0 Å². The topological polar surface area (TPSA) is 66.6 Å². The summed E-state index contributed by atoms with van der Waals surface area (Å²) in [5.74, 6) is 2.04. The lowest BCUT2D eigenvalue weighted by Crippen LogP contribution is -1.96. The highest BCUT2D eigenvalue weighted by molar-refractivity contribution is 5.68. The maximum absolute atomic E-state index is 5.59. The van der Waals surface area contributed by atoms with E-state index in [1.165, 1.54) is 0 Å². The lowest BCUT2D eigenvalue weighted by Gasteiger charge is -2.00. The van der Waals surface area contributed by atoms with Crippen molar-refractivity contribution in [2.75, 3.05) is 6.79 Å². The molecule has 0 amide bonds. The van der Waals surface area contributed by atoms with E-state index in [-0.39, 0.29) is 6.79 Å². The summed E-state index contributed by atoms with van der Waals surface area (Å²) in [7, 11) is 0. The summed E-state index contributed by atoms with van der Waals surface area (Å²) < 4.78 is 21.7. The molecule has 3 heterocycles. The second-order valence-electron chi connectivity index (χ2n) is 5.44. The lowest BCUT2D eigenvalue weighted by molar-refractivity contribution is 0.102. The Morgan fingerprint density at radius 2 is 1.92 bits per heavy atom. The first-order chi connectivity index (χ1) is 12.4. The van der Waals surface area contributed by atoms with Crippen LogP contribution in [0.4, 0.5) is 0 Å². The molecule has 6 heteroatoms. The van der Waals surface area contributed by atoms with E-state index < -0.39 is 0 Å². The predicted molar refractivity (Wildman–Crippen MR) is 90.7 cm³/mol. The summed E-state index contributed by atoms with van der Waals surface area (Å²) in [5, 5.41) is 0. The van der Waals surface area contributed by atoms with Gasteiger partial charge in [-0.05, 0) is 35.9 Å². The van der Waals surface area contributed by atoms with Crippen molar-refractivity contribution in [2.45, 2.75) is 13.2 Å². The third-order valence-corrected chi connectivity index (χ3v) is 3.61. The number of ether oxygens (including phenoxy) is 3. The van der Waals surface area contributed by atoms with E-state index in [9.17, 15) is 0 Å². The number of benzene rings is 1. The third kappa shape index (κ3) is 3.87. The molecule has 1 aliphatic rings. The fourth-order valence-corrected chi connectivity index (χ4v) is 2.39. The van der Waals surface area contributed by atoms with Gasteiger partial charge >= 0.3 is 0 Å². The first-order valence-corrected chi connectivity index (χ1v) is 7.86. The first-order valence-electron chi connectivity index (χ1n) is 7.86. The molecular formula is C19H16N2O4. The van der Waals surface area contributed by atoms with E-state index in [1.807, 2.05) is 42.5 Å². The summed E-state index contributed by atoms with van der Waals surface area (Å²) in [6.45, 7) is 1.08. The molecule has 0 N–H and O–H groups in total. The summed E-state index contributed by atoms with van der Waals surface area (Å²) in [4.78, 5) is 8.58. The molecule has 0 fully saturated rings. The van der Waals surface area contributed by atoms with E-state index in [4.69, 9.17) is 18.6 Å². The zero-order valence-electron chi connectivity index (χ0n) is 13.4. The normalized spacial score (nSPS) is 12.8. The minimum atomic E-state index is 0.268. The highest BCUT2D eigenvalue weighted by Crippen LogP contribution is 2.32. The third-order valence-electron chi connectivity index (χ3n) is 3.61. The molecule has 0 unspecified atom stereocenters. The molecule has 0 aliphatic carbocycles. The SMILES string of the molecule is C(=Cc1nc(COCc2ccccn2)co1)c1ccc2c(c1)OCO2. The Balaban J connectivity index is 1.33. The summed E-state index contributed by atoms with van der Waals surface area (Å²) >= 11 is 0. The smallest absolute Gasteiger partial charge is 0.231 e. The maximum Gasteiger partial charge on any atom is 0.231 e. The van der Waals surface area contributed by atoms with Gasteiger partial charge in [0.2, 0.25) is 12.7 Å². The predicted octanol–water partition coefficient (Wildman–Crippen LogP) is 3.69. The van der Waals surface area contributed by atoms with Gasteiger partial charge in [0.25, 0.3) is 0 Å². The molecule has 126 valence electrons. The molecule has 1 aromatic carbocycles. The molecule has 4 rings (SSSR count). The number of hydrogen-bond acceptors (Lipinski definition) is 6. The number of fused-ring (bicyclic) bond motifs is 1. The Hall–Kier alpha value is -3.12. The lowest BCUT2D eigenvalue weighted by atomic mass is 10.2. The van der Waals surface area contributed by atoms with Gasteiger partial charge in [0.1, 0.15) is 12.0 Å². The van der Waals surface area contributed by atoms with Crippen LogP contribution in [0.3, 0.4) is 0 Å². The molecule has 6 nitrogen and oxygen atoms in total. The Kier molecular flexibility index (Phi) is 4.43. The zero-order valence-corrected chi connectivity index (χ0v) is 13.4. The van der Waals surface area contributed by atoms with Crippen molar-refractivity contribution in [3.8, 4) is 11.5 Å². The molecule has 25 heavy (non-hydrogen) atoms. The van der Waals surface area contributed by atoms with E-state index in [0.29, 0.717) is 19.1 Å². The molecular weight excluding hydrogens is 320 g/mol. The van der Waals surface area contributed by atoms with E-state index in [1.54, 1.807) is 18.5 Å². The first kappa shape index (κ1) is 15.4. The molecule has 0 saturated carbocycles. The van der Waals surface area contributed by atoms with Crippen LogP contribution < -0.4 is 9.47 Å². The summed E-state index contributed by atoms with van der Waals surface area (Å²) in [5.41, 5.74) is 2.60. The van der Waals surface area contributed by atoms with Crippen LogP contribution in [0.5, 0.6) is 11.5 Å². The molecule has 3 aromatic rings. The number of hydrogen-bond donors (Lipinski definition) is 0. The molecule has 1 aliphatic heterocycles. The van der Waals surface area contributed by atoms with Gasteiger partial charge in [0.15, 0.2) is 11.5 Å². The second-order valence-corrected chi connectivity index (χ2v) is 5.44. The average Bonchev–Trinajstić information content (AvgIpc) is 3.29. The van der Waals surface area contributed by atoms with Gasteiger partial charge in [0.05, 0.1) is 18.9 Å². The van der Waals surface area contributed by atoms with Gasteiger partial charge in [-0.25, -0.2) is 4.98 Å². The monoisotopic (exact) mass is 336 g/mol. The van der Waals surface area contributed by atoms with Gasteiger partial charge < -0.3 is 18.6 Å². The van der Waals surface area contributed by atoms with Gasteiger partial charge in [-0.1, -0.05) is 12.1 Å². The molecule has 0 spiro atoms. The largest absolute Gasteiger partial charge is 0.454 e. The van der Waals surface area contributed by atoms with Gasteiger partial charge in [-0.3, -0.25) is 4.98 Å². The van der Waals surface area contributed by atoms with Crippen molar-refractivity contribution in [3.05, 3.63) is 71.7 Å².